The third kappa shape index (κ3) is 1.97. The van der Waals surface area contributed by atoms with E-state index in [9.17, 15) is 0 Å². The van der Waals surface area contributed by atoms with Crippen LogP contribution in [-0.4, -0.2) is 0 Å². The van der Waals surface area contributed by atoms with Gasteiger partial charge in [0.2, 0.25) is 0 Å². The molecule has 4 aromatic carbocycles. The summed E-state index contributed by atoms with van der Waals surface area (Å²) in [4.78, 5) is 0. The Morgan fingerprint density at radius 1 is 0.542 bits per heavy atom. The first-order chi connectivity index (χ1) is 11.9. The molecule has 0 saturated heterocycles. The number of furan rings is 1. The van der Waals surface area contributed by atoms with Crippen molar-refractivity contribution in [3.05, 3.63) is 84.9 Å². The third-order valence-corrected chi connectivity index (χ3v) is 4.46. The van der Waals surface area contributed by atoms with Crippen LogP contribution in [0.5, 0.6) is 0 Å². The Balaban J connectivity index is 1.74. The van der Waals surface area contributed by atoms with Crippen LogP contribution in [-0.2, 0) is 0 Å². The van der Waals surface area contributed by atoms with Gasteiger partial charge in [-0.25, -0.2) is 0 Å². The van der Waals surface area contributed by atoms with Crippen molar-refractivity contribution >= 4 is 44.1 Å². The maximum Gasteiger partial charge on any atom is 0.137 e. The Labute approximate surface area is 139 Å². The third-order valence-electron chi connectivity index (χ3n) is 4.46. The zero-order valence-corrected chi connectivity index (χ0v) is 13.0. The fourth-order valence-corrected chi connectivity index (χ4v) is 3.36. The zero-order chi connectivity index (χ0) is 15.9. The molecule has 2 nitrogen and oxygen atoms in total. The van der Waals surface area contributed by atoms with Crippen molar-refractivity contribution in [2.24, 2.45) is 0 Å². The first kappa shape index (κ1) is 13.2. The second kappa shape index (κ2) is 5.14. The summed E-state index contributed by atoms with van der Waals surface area (Å²) in [6.07, 6.45) is 0. The van der Waals surface area contributed by atoms with Gasteiger partial charge in [0, 0.05) is 16.5 Å². The highest BCUT2D eigenvalue weighted by Gasteiger charge is 2.11. The van der Waals surface area contributed by atoms with E-state index in [1.165, 1.54) is 10.8 Å². The SMILES string of the molecule is c1ccc2c(Nc3cccc4oc5ccccc5c34)cccc2c1. The van der Waals surface area contributed by atoms with Crippen LogP contribution in [0.4, 0.5) is 11.4 Å². The Morgan fingerprint density at radius 3 is 2.17 bits per heavy atom. The minimum absolute atomic E-state index is 0.904. The Bertz CT molecular complexity index is 1180. The smallest absolute Gasteiger partial charge is 0.137 e. The molecule has 0 aliphatic carbocycles. The van der Waals surface area contributed by atoms with E-state index in [2.05, 4.69) is 59.9 Å². The molecule has 0 atom stereocenters. The maximum absolute atomic E-state index is 5.98. The number of hydrogen-bond donors (Lipinski definition) is 1. The van der Waals surface area contributed by atoms with Gasteiger partial charge in [0.05, 0.1) is 11.1 Å². The summed E-state index contributed by atoms with van der Waals surface area (Å²) in [7, 11) is 0. The van der Waals surface area contributed by atoms with Gasteiger partial charge < -0.3 is 9.73 Å². The number of rotatable bonds is 2. The number of benzene rings is 4. The molecular weight excluding hydrogens is 294 g/mol. The topological polar surface area (TPSA) is 25.2 Å². The lowest BCUT2D eigenvalue weighted by atomic mass is 10.1. The predicted octanol–water partition coefficient (Wildman–Crippen LogP) is 6.48. The van der Waals surface area contributed by atoms with Crippen molar-refractivity contribution in [2.75, 3.05) is 5.32 Å². The van der Waals surface area contributed by atoms with Crippen molar-refractivity contribution in [1.29, 1.82) is 0 Å². The number of hydrogen-bond acceptors (Lipinski definition) is 2. The summed E-state index contributed by atoms with van der Waals surface area (Å²) in [5.74, 6) is 0. The summed E-state index contributed by atoms with van der Waals surface area (Å²) in [6.45, 7) is 0. The van der Waals surface area contributed by atoms with E-state index >= 15 is 0 Å². The van der Waals surface area contributed by atoms with E-state index < -0.39 is 0 Å². The van der Waals surface area contributed by atoms with Gasteiger partial charge in [-0.2, -0.15) is 0 Å². The second-order valence-electron chi connectivity index (χ2n) is 5.93. The molecular formula is C22H15NO. The van der Waals surface area contributed by atoms with Crippen LogP contribution in [0.2, 0.25) is 0 Å². The van der Waals surface area contributed by atoms with Crippen molar-refractivity contribution in [2.45, 2.75) is 0 Å². The molecule has 0 radical (unpaired) electrons. The van der Waals surface area contributed by atoms with Crippen molar-refractivity contribution in [3.8, 4) is 0 Å². The average Bonchev–Trinajstić information content (AvgIpc) is 3.02. The van der Waals surface area contributed by atoms with E-state index in [-0.39, 0.29) is 0 Å². The molecule has 5 aromatic rings. The summed E-state index contributed by atoms with van der Waals surface area (Å²) < 4.78 is 5.98. The number of nitrogens with one attached hydrogen (secondary N) is 1. The quantitative estimate of drug-likeness (QED) is 0.403. The monoisotopic (exact) mass is 309 g/mol. The fraction of sp³-hybridized carbons (Fsp3) is 0. The van der Waals surface area contributed by atoms with E-state index in [1.54, 1.807) is 0 Å². The molecule has 1 heterocycles. The molecule has 0 unspecified atom stereocenters. The first-order valence-electron chi connectivity index (χ1n) is 8.05. The summed E-state index contributed by atoms with van der Waals surface area (Å²) in [5.41, 5.74) is 3.99. The van der Waals surface area contributed by atoms with Gasteiger partial charge in [-0.1, -0.05) is 60.7 Å². The second-order valence-corrected chi connectivity index (χ2v) is 5.93. The minimum atomic E-state index is 0.904. The lowest BCUT2D eigenvalue weighted by molar-refractivity contribution is 0.669. The lowest BCUT2D eigenvalue weighted by Crippen LogP contribution is -1.92. The molecule has 0 bridgehead atoms. The largest absolute Gasteiger partial charge is 0.456 e. The number of anilines is 2. The molecule has 0 aliphatic rings. The molecule has 2 heteroatoms. The normalized spacial score (nSPS) is 11.3. The summed E-state index contributed by atoms with van der Waals surface area (Å²) >= 11 is 0. The molecule has 114 valence electrons. The Hall–Kier alpha value is -3.26. The van der Waals surface area contributed by atoms with Crippen LogP contribution in [0, 0.1) is 0 Å². The highest BCUT2D eigenvalue weighted by molar-refractivity contribution is 6.12. The molecule has 1 N–H and O–H groups in total. The molecule has 24 heavy (non-hydrogen) atoms. The Morgan fingerprint density at radius 2 is 1.21 bits per heavy atom. The zero-order valence-electron chi connectivity index (χ0n) is 13.0. The first-order valence-corrected chi connectivity index (χ1v) is 8.05. The van der Waals surface area contributed by atoms with Gasteiger partial charge >= 0.3 is 0 Å². The number of fused-ring (bicyclic) bond motifs is 4. The standard InChI is InChI=1S/C22H15NO/c1-2-9-16-15(7-1)8-5-11-18(16)23-19-12-6-14-21-22(19)17-10-3-4-13-20(17)24-21/h1-14,23H. The van der Waals surface area contributed by atoms with Crippen molar-refractivity contribution in [1.82, 2.24) is 0 Å². The molecule has 0 aliphatic heterocycles. The van der Waals surface area contributed by atoms with Gasteiger partial charge in [-0.05, 0) is 29.7 Å². The van der Waals surface area contributed by atoms with Gasteiger partial charge in [0.1, 0.15) is 11.2 Å². The lowest BCUT2D eigenvalue weighted by Gasteiger charge is -2.11. The molecule has 0 fully saturated rings. The highest BCUT2D eigenvalue weighted by Crippen LogP contribution is 2.36. The number of para-hydroxylation sites is 1. The summed E-state index contributed by atoms with van der Waals surface area (Å²) in [6, 6.07) is 29.1. The van der Waals surface area contributed by atoms with E-state index in [0.29, 0.717) is 0 Å². The van der Waals surface area contributed by atoms with Crippen LogP contribution in [0.15, 0.2) is 89.3 Å². The van der Waals surface area contributed by atoms with Crippen molar-refractivity contribution in [3.63, 3.8) is 0 Å². The summed E-state index contributed by atoms with van der Waals surface area (Å²) in [5, 5.41) is 8.31. The van der Waals surface area contributed by atoms with Crippen LogP contribution < -0.4 is 5.32 Å². The van der Waals surface area contributed by atoms with Crippen molar-refractivity contribution < 1.29 is 4.42 Å². The average molecular weight is 309 g/mol. The van der Waals surface area contributed by atoms with Crippen LogP contribution in [0.25, 0.3) is 32.7 Å². The van der Waals surface area contributed by atoms with E-state index in [4.69, 9.17) is 4.42 Å². The van der Waals surface area contributed by atoms with Gasteiger partial charge in [0.15, 0.2) is 0 Å². The molecule has 0 saturated carbocycles. The molecule has 0 amide bonds. The van der Waals surface area contributed by atoms with Gasteiger partial charge in [-0.15, -0.1) is 0 Å². The molecule has 1 aromatic heterocycles. The maximum atomic E-state index is 5.98. The predicted molar refractivity (Wildman–Crippen MR) is 101 cm³/mol. The Kier molecular flexibility index (Phi) is 2.83. The van der Waals surface area contributed by atoms with Crippen LogP contribution in [0.1, 0.15) is 0 Å². The fourth-order valence-electron chi connectivity index (χ4n) is 3.36. The van der Waals surface area contributed by atoms with Crippen LogP contribution in [0.3, 0.4) is 0 Å². The minimum Gasteiger partial charge on any atom is -0.456 e. The highest BCUT2D eigenvalue weighted by atomic mass is 16.3. The molecule has 5 rings (SSSR count). The van der Waals surface area contributed by atoms with Gasteiger partial charge in [0.25, 0.3) is 0 Å². The van der Waals surface area contributed by atoms with E-state index in [1.807, 2.05) is 30.3 Å². The molecule has 0 spiro atoms. The van der Waals surface area contributed by atoms with E-state index in [0.717, 1.165) is 33.3 Å². The van der Waals surface area contributed by atoms with Gasteiger partial charge in [-0.3, -0.25) is 0 Å². The van der Waals surface area contributed by atoms with Crippen LogP contribution >= 0.6 is 0 Å².